The summed E-state index contributed by atoms with van der Waals surface area (Å²) in [6.07, 6.45) is 0. The fraction of sp³-hybridized carbons (Fsp3) is 0.188. The first kappa shape index (κ1) is 14.2. The van der Waals surface area contributed by atoms with Crippen LogP contribution in [0.15, 0.2) is 40.9 Å². The summed E-state index contributed by atoms with van der Waals surface area (Å²) < 4.78 is 14.2. The number of hydrogen-bond acceptors (Lipinski definition) is 2. The Morgan fingerprint density at radius 2 is 2.05 bits per heavy atom. The Hall–Kier alpha value is -1.72. The summed E-state index contributed by atoms with van der Waals surface area (Å²) in [5.41, 5.74) is 9.39. The lowest BCUT2D eigenvalue weighted by Gasteiger charge is -2.18. The molecule has 0 fully saturated rings. The molecule has 0 bridgehead atoms. The van der Waals surface area contributed by atoms with Gasteiger partial charge in [0.2, 0.25) is 5.91 Å². The summed E-state index contributed by atoms with van der Waals surface area (Å²) in [6.45, 7) is 2.25. The minimum absolute atomic E-state index is 0.160. The zero-order valence-corrected chi connectivity index (χ0v) is 13.0. The van der Waals surface area contributed by atoms with Crippen molar-refractivity contribution in [1.82, 2.24) is 0 Å². The molecule has 1 aliphatic rings. The van der Waals surface area contributed by atoms with Gasteiger partial charge in [-0.1, -0.05) is 33.6 Å². The molecule has 1 atom stereocenters. The highest BCUT2D eigenvalue weighted by Crippen LogP contribution is 2.36. The van der Waals surface area contributed by atoms with Gasteiger partial charge in [-0.25, -0.2) is 4.39 Å². The van der Waals surface area contributed by atoms with Crippen LogP contribution in [0.5, 0.6) is 0 Å². The second kappa shape index (κ2) is 5.24. The van der Waals surface area contributed by atoms with Crippen LogP contribution in [-0.4, -0.2) is 5.91 Å². The van der Waals surface area contributed by atoms with Gasteiger partial charge in [0, 0.05) is 15.7 Å². The zero-order valence-electron chi connectivity index (χ0n) is 11.4. The molecule has 0 saturated carbocycles. The lowest BCUT2D eigenvalue weighted by atomic mass is 10.1. The van der Waals surface area contributed by atoms with Gasteiger partial charge >= 0.3 is 0 Å². The van der Waals surface area contributed by atoms with Gasteiger partial charge in [0.25, 0.3) is 0 Å². The Bertz CT molecular complexity index is 732. The van der Waals surface area contributed by atoms with Crippen LogP contribution in [-0.2, 0) is 11.3 Å². The summed E-state index contributed by atoms with van der Waals surface area (Å²) in [7, 11) is 0. The van der Waals surface area contributed by atoms with Crippen molar-refractivity contribution in [3.8, 4) is 0 Å². The smallest absolute Gasteiger partial charge is 0.248 e. The molecule has 1 aliphatic heterocycles. The summed E-state index contributed by atoms with van der Waals surface area (Å²) in [4.78, 5) is 14.0. The Morgan fingerprint density at radius 3 is 2.81 bits per heavy atom. The Labute approximate surface area is 130 Å². The number of fused-ring (bicyclic) bond motifs is 1. The highest BCUT2D eigenvalue weighted by molar-refractivity contribution is 9.10. The van der Waals surface area contributed by atoms with Gasteiger partial charge in [-0.2, -0.15) is 0 Å². The van der Waals surface area contributed by atoms with Gasteiger partial charge in [-0.15, -0.1) is 0 Å². The van der Waals surface area contributed by atoms with Crippen molar-refractivity contribution in [3.05, 3.63) is 63.4 Å². The molecule has 0 spiro atoms. The fourth-order valence-electron chi connectivity index (χ4n) is 2.59. The average molecular weight is 349 g/mol. The maximum Gasteiger partial charge on any atom is 0.248 e. The highest BCUT2D eigenvalue weighted by Gasteiger charge is 2.34. The van der Waals surface area contributed by atoms with Gasteiger partial charge in [0.05, 0.1) is 6.54 Å². The van der Waals surface area contributed by atoms with Crippen LogP contribution >= 0.6 is 15.9 Å². The molecular weight excluding hydrogens is 335 g/mol. The topological polar surface area (TPSA) is 46.3 Å². The third-order valence-electron chi connectivity index (χ3n) is 3.68. The van der Waals surface area contributed by atoms with Crippen molar-refractivity contribution in [2.24, 2.45) is 5.73 Å². The number of nitrogens with two attached hydrogens (primary N) is 1. The molecular formula is C16H14BrFN2O. The molecule has 1 unspecified atom stereocenters. The standard InChI is InChI=1S/C16H14BrFN2O/c1-9-2-5-14-12(6-9)15(19)16(21)20(14)8-10-7-11(18)3-4-13(10)17/h2-7,15H,8,19H2,1H3. The quantitative estimate of drug-likeness (QED) is 0.903. The predicted molar refractivity (Wildman–Crippen MR) is 83.4 cm³/mol. The van der Waals surface area contributed by atoms with E-state index in [1.165, 1.54) is 12.1 Å². The van der Waals surface area contributed by atoms with Crippen molar-refractivity contribution in [3.63, 3.8) is 0 Å². The average Bonchev–Trinajstić information content (AvgIpc) is 2.68. The Balaban J connectivity index is 2.00. The number of hydrogen-bond donors (Lipinski definition) is 1. The minimum Gasteiger partial charge on any atom is -0.316 e. The molecule has 5 heteroatoms. The van der Waals surface area contributed by atoms with Crippen molar-refractivity contribution in [2.45, 2.75) is 19.5 Å². The van der Waals surface area contributed by atoms with E-state index in [1.807, 2.05) is 25.1 Å². The lowest BCUT2D eigenvalue weighted by molar-refractivity contribution is -0.119. The number of amides is 1. The van der Waals surface area contributed by atoms with E-state index in [0.717, 1.165) is 21.3 Å². The molecule has 2 N–H and O–H groups in total. The molecule has 1 amide bonds. The minimum atomic E-state index is -0.646. The van der Waals surface area contributed by atoms with Gasteiger partial charge in [-0.05, 0) is 36.8 Å². The predicted octanol–water partition coefficient (Wildman–Crippen LogP) is 3.44. The molecule has 108 valence electrons. The molecule has 0 aromatic heterocycles. The van der Waals surface area contributed by atoms with E-state index in [1.54, 1.807) is 11.0 Å². The van der Waals surface area contributed by atoms with Crippen LogP contribution in [0.3, 0.4) is 0 Å². The van der Waals surface area contributed by atoms with Crippen LogP contribution in [0.2, 0.25) is 0 Å². The summed E-state index contributed by atoms with van der Waals surface area (Å²) >= 11 is 3.39. The van der Waals surface area contributed by atoms with E-state index in [0.29, 0.717) is 12.1 Å². The molecule has 3 rings (SSSR count). The van der Waals surface area contributed by atoms with Crippen molar-refractivity contribution in [2.75, 3.05) is 4.90 Å². The van der Waals surface area contributed by atoms with E-state index in [9.17, 15) is 9.18 Å². The zero-order chi connectivity index (χ0) is 15.1. The summed E-state index contributed by atoms with van der Waals surface area (Å²) in [5.74, 6) is -0.486. The molecule has 0 saturated heterocycles. The second-order valence-electron chi connectivity index (χ2n) is 5.20. The molecule has 3 nitrogen and oxygen atoms in total. The van der Waals surface area contributed by atoms with Gasteiger partial charge in [-0.3, -0.25) is 4.79 Å². The molecule has 2 aromatic carbocycles. The van der Waals surface area contributed by atoms with E-state index in [2.05, 4.69) is 15.9 Å². The van der Waals surface area contributed by atoms with Crippen molar-refractivity contribution in [1.29, 1.82) is 0 Å². The Morgan fingerprint density at radius 1 is 1.29 bits per heavy atom. The van der Waals surface area contributed by atoms with E-state index in [4.69, 9.17) is 5.73 Å². The second-order valence-corrected chi connectivity index (χ2v) is 6.05. The fourth-order valence-corrected chi connectivity index (χ4v) is 2.96. The van der Waals surface area contributed by atoms with Crippen molar-refractivity contribution < 1.29 is 9.18 Å². The van der Waals surface area contributed by atoms with Crippen LogP contribution < -0.4 is 10.6 Å². The highest BCUT2D eigenvalue weighted by atomic mass is 79.9. The number of halogens is 2. The number of nitrogens with zero attached hydrogens (tertiary/aromatic N) is 1. The van der Waals surface area contributed by atoms with Gasteiger partial charge in [0.15, 0.2) is 0 Å². The SMILES string of the molecule is Cc1ccc2c(c1)C(N)C(=O)N2Cc1cc(F)ccc1Br. The molecule has 21 heavy (non-hydrogen) atoms. The first-order chi connectivity index (χ1) is 9.97. The van der Waals surface area contributed by atoms with Crippen LogP contribution in [0.4, 0.5) is 10.1 Å². The molecule has 0 radical (unpaired) electrons. The summed E-state index contributed by atoms with van der Waals surface area (Å²) in [5, 5.41) is 0. The van der Waals surface area contributed by atoms with E-state index < -0.39 is 6.04 Å². The van der Waals surface area contributed by atoms with Crippen LogP contribution in [0, 0.1) is 12.7 Å². The number of carbonyl (C=O) groups is 1. The lowest BCUT2D eigenvalue weighted by Crippen LogP contribution is -2.31. The van der Waals surface area contributed by atoms with E-state index in [-0.39, 0.29) is 11.7 Å². The largest absolute Gasteiger partial charge is 0.316 e. The summed E-state index contributed by atoms with van der Waals surface area (Å²) in [6, 6.07) is 9.56. The maximum absolute atomic E-state index is 13.4. The van der Waals surface area contributed by atoms with Gasteiger partial charge in [0.1, 0.15) is 11.9 Å². The molecule has 1 heterocycles. The van der Waals surface area contributed by atoms with Crippen LogP contribution in [0.25, 0.3) is 0 Å². The number of benzene rings is 2. The number of carbonyl (C=O) groups excluding carboxylic acids is 1. The molecule has 2 aromatic rings. The third-order valence-corrected chi connectivity index (χ3v) is 4.45. The van der Waals surface area contributed by atoms with Gasteiger partial charge < -0.3 is 10.6 Å². The first-order valence-corrected chi connectivity index (χ1v) is 7.38. The van der Waals surface area contributed by atoms with Crippen LogP contribution in [0.1, 0.15) is 22.7 Å². The number of aryl methyl sites for hydroxylation is 1. The number of anilines is 1. The Kier molecular flexibility index (Phi) is 3.55. The van der Waals surface area contributed by atoms with Crippen molar-refractivity contribution >= 4 is 27.5 Å². The van der Waals surface area contributed by atoms with E-state index >= 15 is 0 Å². The monoisotopic (exact) mass is 348 g/mol. The first-order valence-electron chi connectivity index (χ1n) is 6.59. The maximum atomic E-state index is 13.4. The number of rotatable bonds is 2. The third kappa shape index (κ3) is 2.47. The normalized spacial score (nSPS) is 17.2. The molecule has 0 aliphatic carbocycles.